The van der Waals surface area contributed by atoms with Gasteiger partial charge in [-0.2, -0.15) is 15.2 Å². The number of piperidine rings is 1. The maximum absolute atomic E-state index is 17.3. The molecule has 0 spiro atoms. The molecule has 6 heterocycles. The highest BCUT2D eigenvalue weighted by atomic mass is 35.5. The third kappa shape index (κ3) is 5.13. The second-order valence-corrected chi connectivity index (χ2v) is 14.7. The molecule has 4 aromatic rings. The molecule has 0 saturated carbocycles. The van der Waals surface area contributed by atoms with Crippen LogP contribution in [0.3, 0.4) is 0 Å². The Morgan fingerprint density at radius 2 is 2.04 bits per heavy atom. The molecule has 2 amide bonds. The first-order chi connectivity index (χ1) is 24.1. The Morgan fingerprint density at radius 3 is 2.80 bits per heavy atom. The van der Waals surface area contributed by atoms with E-state index in [1.54, 1.807) is 11.9 Å². The largest absolute Gasteiger partial charge is 0.489 e. The molecule has 3 N–H and O–H groups in total. The molecule has 0 radical (unpaired) electrons. The number of aromatic nitrogens is 2. The minimum absolute atomic E-state index is 0.0200. The van der Waals surface area contributed by atoms with Crippen molar-refractivity contribution in [2.75, 3.05) is 63.6 Å². The molecule has 4 aliphatic rings. The number of nitrogens with one attached hydrogen (secondary N) is 1. The van der Waals surface area contributed by atoms with E-state index in [9.17, 15) is 14.4 Å². The zero-order chi connectivity index (χ0) is 34.9. The van der Waals surface area contributed by atoms with E-state index in [0.717, 1.165) is 30.7 Å². The van der Waals surface area contributed by atoms with Crippen LogP contribution in [0.5, 0.6) is 11.8 Å². The van der Waals surface area contributed by atoms with Crippen molar-refractivity contribution >= 4 is 60.8 Å². The zero-order valence-electron chi connectivity index (χ0n) is 27.2. The first kappa shape index (κ1) is 32.9. The number of fused-ring (bicyclic) bond motifs is 2. The maximum atomic E-state index is 17.3. The fraction of sp³-hybridized carbons (Fsp3) is 0.471. The van der Waals surface area contributed by atoms with Crippen LogP contribution < -0.4 is 25.4 Å². The monoisotopic (exact) mass is 726 g/mol. The highest BCUT2D eigenvalue weighted by Crippen LogP contribution is 2.51. The van der Waals surface area contributed by atoms with Crippen molar-refractivity contribution in [3.8, 4) is 29.0 Å². The quantitative estimate of drug-likeness (QED) is 0.260. The van der Waals surface area contributed by atoms with E-state index in [1.165, 1.54) is 12.1 Å². The Kier molecular flexibility index (Phi) is 8.23. The summed E-state index contributed by atoms with van der Waals surface area (Å²) in [5.74, 6) is -0.898. The van der Waals surface area contributed by atoms with Gasteiger partial charge in [-0.15, -0.1) is 11.3 Å². The average molecular weight is 727 g/mol. The molecule has 16 heteroatoms. The number of nitrogens with two attached hydrogens (primary N) is 1. The van der Waals surface area contributed by atoms with Crippen molar-refractivity contribution in [2.45, 2.75) is 49.9 Å². The average Bonchev–Trinajstić information content (AvgIpc) is 3.71. The van der Waals surface area contributed by atoms with Gasteiger partial charge in [0.05, 0.1) is 32.8 Å². The number of hydrogen-bond acceptors (Lipinski definition) is 10. The van der Waals surface area contributed by atoms with Crippen molar-refractivity contribution < 1.29 is 27.4 Å². The molecule has 1 unspecified atom stereocenters. The number of rotatable bonds is 5. The van der Waals surface area contributed by atoms with Gasteiger partial charge in [0.2, 0.25) is 0 Å². The number of ether oxygens (including phenoxy) is 2. The number of benzene rings is 2. The molecule has 11 nitrogen and oxygen atoms in total. The lowest BCUT2D eigenvalue weighted by Crippen LogP contribution is -2.50. The lowest BCUT2D eigenvalue weighted by atomic mass is 9.95. The number of nitrogens with zero attached hydrogens (tertiary/aromatic N) is 6. The van der Waals surface area contributed by atoms with Gasteiger partial charge in [-0.1, -0.05) is 17.7 Å². The van der Waals surface area contributed by atoms with Gasteiger partial charge in [0, 0.05) is 50.1 Å². The Bertz CT molecular complexity index is 2090. The number of nitrogen functional groups attached to an aromatic ring is 1. The highest BCUT2D eigenvalue weighted by molar-refractivity contribution is 7.23. The number of likely N-dealkylation sites (tertiary alicyclic amines) is 1. The Labute approximate surface area is 294 Å². The Balaban J connectivity index is 1.30. The van der Waals surface area contributed by atoms with Crippen molar-refractivity contribution in [2.24, 2.45) is 0 Å². The molecule has 0 bridgehead atoms. The molecule has 0 aliphatic carbocycles. The summed E-state index contributed by atoms with van der Waals surface area (Å²) in [4.78, 5) is 27.7. The fourth-order valence-electron chi connectivity index (χ4n) is 8.28. The first-order valence-corrected chi connectivity index (χ1v) is 17.8. The number of amides is 2. The number of carbonyl (C=O) groups is 1. The van der Waals surface area contributed by atoms with Crippen LogP contribution in [-0.4, -0.2) is 96.5 Å². The number of anilines is 2. The predicted molar refractivity (Wildman–Crippen MR) is 185 cm³/mol. The number of thiophene rings is 1. The normalized spacial score (nSPS) is 22.4. The van der Waals surface area contributed by atoms with E-state index >= 15 is 8.78 Å². The molecule has 2 atom stereocenters. The van der Waals surface area contributed by atoms with Crippen LogP contribution in [0.4, 0.5) is 28.8 Å². The summed E-state index contributed by atoms with van der Waals surface area (Å²) >= 11 is 7.95. The lowest BCUT2D eigenvalue weighted by molar-refractivity contribution is 0.107. The van der Waals surface area contributed by atoms with Gasteiger partial charge < -0.3 is 30.3 Å². The van der Waals surface area contributed by atoms with Crippen LogP contribution in [0.15, 0.2) is 12.1 Å². The van der Waals surface area contributed by atoms with Gasteiger partial charge in [-0.3, -0.25) is 4.90 Å². The lowest BCUT2D eigenvalue weighted by Gasteiger charge is -2.38. The summed E-state index contributed by atoms with van der Waals surface area (Å²) in [5, 5.41) is 13.0. The second kappa shape index (κ2) is 12.5. The number of nitriles is 1. The van der Waals surface area contributed by atoms with Gasteiger partial charge >= 0.3 is 12.0 Å². The van der Waals surface area contributed by atoms with Crippen molar-refractivity contribution in [3.63, 3.8) is 0 Å². The van der Waals surface area contributed by atoms with Gasteiger partial charge in [0.25, 0.3) is 0 Å². The van der Waals surface area contributed by atoms with Gasteiger partial charge in [-0.05, 0) is 43.9 Å². The topological polar surface area (TPSA) is 133 Å². The minimum atomic E-state index is -0.962. The Hall–Kier alpha value is -4.26. The zero-order valence-corrected chi connectivity index (χ0v) is 28.8. The number of carbonyl (C=O) groups excluding carboxylic acids is 1. The number of urea groups is 1. The minimum Gasteiger partial charge on any atom is -0.489 e. The molecule has 2 aromatic carbocycles. The molecule has 8 rings (SSSR count). The summed E-state index contributed by atoms with van der Waals surface area (Å²) in [5.41, 5.74) is 5.56. The molecule has 3 saturated heterocycles. The predicted octanol–water partition coefficient (Wildman–Crippen LogP) is 5.85. The van der Waals surface area contributed by atoms with Crippen molar-refractivity contribution in [3.05, 3.63) is 34.4 Å². The SMILES string of the molecule is CNC(=O)N1CCC(N2CCOc3c(Cl)c(-c4ccc(F)c5sc(N)c(C#N)c45)c(F)c4nc(OCC56CCCN5C[C@H](F)C6)nc2c34)CC1. The summed E-state index contributed by atoms with van der Waals surface area (Å²) < 4.78 is 59.5. The van der Waals surface area contributed by atoms with Crippen LogP contribution in [0, 0.1) is 23.0 Å². The van der Waals surface area contributed by atoms with Crippen molar-refractivity contribution in [1.29, 1.82) is 5.26 Å². The van der Waals surface area contributed by atoms with Crippen LogP contribution in [0.25, 0.3) is 32.1 Å². The van der Waals surface area contributed by atoms with Gasteiger partial charge in [0.1, 0.15) is 47.6 Å². The third-order valence-electron chi connectivity index (χ3n) is 10.6. The summed E-state index contributed by atoms with van der Waals surface area (Å²) in [7, 11) is 1.60. The summed E-state index contributed by atoms with van der Waals surface area (Å²) in [6.07, 6.45) is 2.31. The van der Waals surface area contributed by atoms with E-state index in [4.69, 9.17) is 31.8 Å². The molecule has 3 fully saturated rings. The third-order valence-corrected chi connectivity index (χ3v) is 12.0. The van der Waals surface area contributed by atoms with E-state index in [2.05, 4.69) is 15.2 Å². The standard InChI is InChI=1S/C34H34ClF3N8O3S/c1-41-33(47)44-9-5-18(6-10-44)46-11-12-48-28-24-27(42-32(43-31(24)46)49-16-34-7-2-8-45(34)15-17(36)13-34)26(38)23(25(28)35)19-3-4-21(37)29-22(19)20(14-39)30(40)50-29/h3-4,17-18H,2,5-13,15-16,40H2,1H3,(H,41,47)/t17-,34?/m1/s1. The molecular formula is C34H34ClF3N8O3S. The molecule has 262 valence electrons. The van der Waals surface area contributed by atoms with E-state index in [0.29, 0.717) is 51.3 Å². The number of halogens is 4. The van der Waals surface area contributed by atoms with Crippen LogP contribution in [-0.2, 0) is 0 Å². The van der Waals surface area contributed by atoms with Crippen LogP contribution >= 0.6 is 22.9 Å². The highest BCUT2D eigenvalue weighted by Gasteiger charge is 2.49. The van der Waals surface area contributed by atoms with Gasteiger partial charge in [-0.25, -0.2) is 18.0 Å². The van der Waals surface area contributed by atoms with E-state index in [-0.39, 0.29) is 84.7 Å². The molecule has 4 aliphatic heterocycles. The van der Waals surface area contributed by atoms with Gasteiger partial charge in [0.15, 0.2) is 11.6 Å². The first-order valence-electron chi connectivity index (χ1n) is 16.7. The van der Waals surface area contributed by atoms with Crippen LogP contribution in [0.2, 0.25) is 5.02 Å². The summed E-state index contributed by atoms with van der Waals surface area (Å²) in [6.45, 7) is 2.81. The molecular weight excluding hydrogens is 693 g/mol. The summed E-state index contributed by atoms with van der Waals surface area (Å²) in [6, 6.07) is 4.28. The van der Waals surface area contributed by atoms with Crippen LogP contribution in [0.1, 0.15) is 37.7 Å². The number of hydrogen-bond donors (Lipinski definition) is 2. The maximum Gasteiger partial charge on any atom is 0.319 e. The molecule has 2 aromatic heterocycles. The van der Waals surface area contributed by atoms with Crippen molar-refractivity contribution in [1.82, 2.24) is 25.1 Å². The Morgan fingerprint density at radius 1 is 1.24 bits per heavy atom. The number of alkyl halides is 1. The fourth-order valence-corrected chi connectivity index (χ4v) is 9.56. The van der Waals surface area contributed by atoms with E-state index < -0.39 is 23.3 Å². The second-order valence-electron chi connectivity index (χ2n) is 13.3. The smallest absolute Gasteiger partial charge is 0.319 e. The van der Waals surface area contributed by atoms with E-state index in [1.807, 2.05) is 11.0 Å². The molecule has 50 heavy (non-hydrogen) atoms.